The van der Waals surface area contributed by atoms with Crippen molar-refractivity contribution in [2.24, 2.45) is 0 Å². The van der Waals surface area contributed by atoms with Gasteiger partial charge >= 0.3 is 21.7 Å². The number of hydrogen-bond donors (Lipinski definition) is 0. The molecule has 0 saturated carbocycles. The van der Waals surface area contributed by atoms with Crippen LogP contribution in [0.4, 0.5) is 0 Å². The van der Waals surface area contributed by atoms with Gasteiger partial charge in [-0.2, -0.15) is 12.8 Å². The van der Waals surface area contributed by atoms with Gasteiger partial charge in [-0.15, -0.1) is 0 Å². The van der Waals surface area contributed by atoms with Crippen LogP contribution >= 0.6 is 0 Å². The van der Waals surface area contributed by atoms with Gasteiger partial charge in [0, 0.05) is 0 Å². The van der Waals surface area contributed by atoms with E-state index in [1.54, 1.807) is 0 Å². The molecule has 0 aliphatic heterocycles. The Morgan fingerprint density at radius 3 is 1.06 bits per heavy atom. The first-order valence-electron chi connectivity index (χ1n) is 7.41. The molecule has 1 heteroatoms. The molecule has 0 fully saturated rings. The standard InChI is InChI=1S/2C8H17.Ti/c2*1-3-5-7-8-6-4-2;/h2*1,3-8H2,2H3;/q2*-1;+2. The molecule has 0 nitrogen and oxygen atoms in total. The molecule has 0 atom stereocenters. The molecular weight excluding hydrogens is 240 g/mol. The third kappa shape index (κ3) is 31.5. The summed E-state index contributed by atoms with van der Waals surface area (Å²) in [4.78, 5) is 0. The van der Waals surface area contributed by atoms with Crippen molar-refractivity contribution < 1.29 is 21.7 Å². The van der Waals surface area contributed by atoms with Gasteiger partial charge in [-0.05, 0) is 0 Å². The van der Waals surface area contributed by atoms with Crippen LogP contribution in [0.2, 0.25) is 0 Å². The van der Waals surface area contributed by atoms with Crippen molar-refractivity contribution in [3.63, 3.8) is 0 Å². The molecule has 17 heavy (non-hydrogen) atoms. The van der Waals surface area contributed by atoms with Crippen molar-refractivity contribution >= 4 is 0 Å². The van der Waals surface area contributed by atoms with E-state index in [4.69, 9.17) is 0 Å². The maximum Gasteiger partial charge on any atom is 2.00 e. The topological polar surface area (TPSA) is 0 Å². The second-order valence-corrected chi connectivity index (χ2v) is 4.54. The summed E-state index contributed by atoms with van der Waals surface area (Å²) in [6.45, 7) is 12.0. The Morgan fingerprint density at radius 1 is 0.529 bits per heavy atom. The fourth-order valence-corrected chi connectivity index (χ4v) is 1.56. The van der Waals surface area contributed by atoms with E-state index in [1.807, 2.05) is 0 Å². The molecule has 0 bridgehead atoms. The van der Waals surface area contributed by atoms with Crippen LogP contribution in [0, 0.1) is 13.8 Å². The van der Waals surface area contributed by atoms with Crippen molar-refractivity contribution in [3.05, 3.63) is 13.8 Å². The van der Waals surface area contributed by atoms with Crippen molar-refractivity contribution in [2.75, 3.05) is 0 Å². The molecule has 0 unspecified atom stereocenters. The van der Waals surface area contributed by atoms with Crippen molar-refractivity contribution in [1.29, 1.82) is 0 Å². The normalized spacial score (nSPS) is 9.18. The van der Waals surface area contributed by atoms with Crippen LogP contribution in [-0.4, -0.2) is 0 Å². The molecule has 0 aromatic heterocycles. The van der Waals surface area contributed by atoms with E-state index in [2.05, 4.69) is 27.7 Å². The summed E-state index contributed by atoms with van der Waals surface area (Å²) in [5.41, 5.74) is 0. The smallest absolute Gasteiger partial charge is 0.343 e. The molecule has 0 rings (SSSR count). The zero-order chi connectivity index (χ0) is 12.5. The second kappa shape index (κ2) is 25.5. The molecule has 0 amide bonds. The molecule has 0 aromatic rings. The van der Waals surface area contributed by atoms with Gasteiger partial charge in [0.1, 0.15) is 0 Å². The van der Waals surface area contributed by atoms with Crippen LogP contribution < -0.4 is 0 Å². The Kier molecular flexibility index (Phi) is 34.3. The van der Waals surface area contributed by atoms with E-state index in [-0.39, 0.29) is 21.7 Å². The van der Waals surface area contributed by atoms with Crippen LogP contribution in [0.5, 0.6) is 0 Å². The molecule has 0 aliphatic rings. The fraction of sp³-hybridized carbons (Fsp3) is 0.875. The Labute approximate surface area is 126 Å². The summed E-state index contributed by atoms with van der Waals surface area (Å²) < 4.78 is 0. The van der Waals surface area contributed by atoms with Crippen LogP contribution in [0.25, 0.3) is 0 Å². The fourth-order valence-electron chi connectivity index (χ4n) is 1.56. The van der Waals surface area contributed by atoms with Gasteiger partial charge in [0.25, 0.3) is 0 Å². The van der Waals surface area contributed by atoms with Gasteiger partial charge in [-0.3, -0.25) is 0 Å². The molecular formula is C16H34Ti. The predicted molar refractivity (Wildman–Crippen MR) is 77.5 cm³/mol. The SMILES string of the molecule is [CH2-]CCCCCCC.[CH2-]CCCCCCC.[Ti+2]. The van der Waals surface area contributed by atoms with Crippen LogP contribution in [-0.2, 0) is 21.7 Å². The van der Waals surface area contributed by atoms with E-state index in [0.29, 0.717) is 0 Å². The number of rotatable bonds is 10. The minimum atomic E-state index is 0. The Morgan fingerprint density at radius 2 is 0.824 bits per heavy atom. The molecule has 0 spiro atoms. The molecule has 0 aliphatic carbocycles. The number of hydrogen-bond acceptors (Lipinski definition) is 0. The van der Waals surface area contributed by atoms with E-state index >= 15 is 0 Å². The summed E-state index contributed by atoms with van der Waals surface area (Å²) in [5.74, 6) is 0. The molecule has 0 aromatic carbocycles. The summed E-state index contributed by atoms with van der Waals surface area (Å²) in [6, 6.07) is 0. The predicted octanol–water partition coefficient (Wildman–Crippen LogP) is 6.36. The first-order valence-corrected chi connectivity index (χ1v) is 7.41. The Balaban J connectivity index is -0.000000218. The Hall–Kier alpha value is 0.714. The maximum absolute atomic E-state index is 3.78. The summed E-state index contributed by atoms with van der Waals surface area (Å²) in [5, 5.41) is 0. The third-order valence-electron chi connectivity index (χ3n) is 2.71. The minimum Gasteiger partial charge on any atom is -0.343 e. The van der Waals surface area contributed by atoms with E-state index < -0.39 is 0 Å². The zero-order valence-electron chi connectivity index (χ0n) is 12.4. The van der Waals surface area contributed by atoms with Crippen LogP contribution in [0.1, 0.15) is 90.9 Å². The summed E-state index contributed by atoms with van der Waals surface area (Å²) >= 11 is 0. The van der Waals surface area contributed by atoms with Crippen LogP contribution in [0.15, 0.2) is 0 Å². The van der Waals surface area contributed by atoms with Gasteiger partial charge in [0.2, 0.25) is 0 Å². The quantitative estimate of drug-likeness (QED) is 0.247. The first-order chi connectivity index (χ1) is 7.83. The molecule has 0 heterocycles. The molecule has 102 valence electrons. The number of unbranched alkanes of at least 4 members (excludes halogenated alkanes) is 10. The van der Waals surface area contributed by atoms with Gasteiger partial charge in [0.15, 0.2) is 0 Å². The first kappa shape index (κ1) is 22.9. The maximum atomic E-state index is 3.78. The third-order valence-corrected chi connectivity index (χ3v) is 2.71. The van der Waals surface area contributed by atoms with Crippen molar-refractivity contribution in [2.45, 2.75) is 90.9 Å². The van der Waals surface area contributed by atoms with Gasteiger partial charge in [-0.25, -0.2) is 0 Å². The Bertz CT molecular complexity index is 67.5. The van der Waals surface area contributed by atoms with Gasteiger partial charge in [0.05, 0.1) is 0 Å². The average Bonchev–Trinajstić information content (AvgIpc) is 2.31. The van der Waals surface area contributed by atoms with E-state index in [9.17, 15) is 0 Å². The van der Waals surface area contributed by atoms with Gasteiger partial charge in [-0.1, -0.05) is 78.1 Å². The molecule has 0 saturated heterocycles. The van der Waals surface area contributed by atoms with E-state index in [1.165, 1.54) is 64.2 Å². The largest absolute Gasteiger partial charge is 2.00 e. The monoisotopic (exact) mass is 274 g/mol. The minimum absolute atomic E-state index is 0. The summed E-state index contributed by atoms with van der Waals surface area (Å²) in [7, 11) is 0. The van der Waals surface area contributed by atoms with Crippen molar-refractivity contribution in [3.8, 4) is 0 Å². The second-order valence-electron chi connectivity index (χ2n) is 4.54. The van der Waals surface area contributed by atoms with E-state index in [0.717, 1.165) is 12.8 Å². The van der Waals surface area contributed by atoms with Crippen molar-refractivity contribution in [1.82, 2.24) is 0 Å². The van der Waals surface area contributed by atoms with Crippen LogP contribution in [0.3, 0.4) is 0 Å². The average molecular weight is 274 g/mol. The molecule has 0 radical (unpaired) electrons. The van der Waals surface area contributed by atoms with Gasteiger partial charge < -0.3 is 13.8 Å². The zero-order valence-corrected chi connectivity index (χ0v) is 14.0. The molecule has 0 N–H and O–H groups in total. The summed E-state index contributed by atoms with van der Waals surface area (Å²) in [6.07, 6.45) is 16.0.